The number of fused-ring (bicyclic) bond motifs is 1. The monoisotopic (exact) mass is 498 g/mol. The van der Waals surface area contributed by atoms with Gasteiger partial charge in [-0.3, -0.25) is 9.69 Å². The number of nitrogens with zero attached hydrogens (tertiary/aromatic N) is 2. The third-order valence-corrected chi connectivity index (χ3v) is 6.16. The molecular formula is C29H30N4O4. The van der Waals surface area contributed by atoms with Gasteiger partial charge in [0.05, 0.1) is 26.0 Å². The number of aromatic amines is 1. The third kappa shape index (κ3) is 6.29. The van der Waals surface area contributed by atoms with Gasteiger partial charge in [0.15, 0.2) is 5.69 Å². The number of aromatic nitrogens is 2. The number of rotatable bonds is 12. The molecule has 37 heavy (non-hydrogen) atoms. The van der Waals surface area contributed by atoms with Crippen LogP contribution in [0.15, 0.2) is 88.2 Å². The van der Waals surface area contributed by atoms with Crippen LogP contribution in [0.3, 0.4) is 0 Å². The SMILES string of the molecule is CCOc1ccc(CN(CCc2c[nH]c3ccccc23)Cc2nc(C(=O)NCc3ccco3)co2)cc1. The van der Waals surface area contributed by atoms with E-state index in [0.29, 0.717) is 37.9 Å². The number of ether oxygens (including phenoxy) is 1. The summed E-state index contributed by atoms with van der Waals surface area (Å²) in [5.74, 6) is 1.72. The fourth-order valence-corrected chi connectivity index (χ4v) is 4.30. The Hall–Kier alpha value is -4.30. The summed E-state index contributed by atoms with van der Waals surface area (Å²) < 4.78 is 16.5. The van der Waals surface area contributed by atoms with E-state index in [0.717, 1.165) is 29.8 Å². The van der Waals surface area contributed by atoms with Gasteiger partial charge < -0.3 is 23.9 Å². The summed E-state index contributed by atoms with van der Waals surface area (Å²) in [4.78, 5) is 22.6. The maximum absolute atomic E-state index is 12.5. The molecule has 1 amide bonds. The number of oxazole rings is 1. The van der Waals surface area contributed by atoms with Gasteiger partial charge >= 0.3 is 0 Å². The summed E-state index contributed by atoms with van der Waals surface area (Å²) in [6.45, 7) is 4.87. The molecule has 0 aliphatic heterocycles. The van der Waals surface area contributed by atoms with E-state index in [2.05, 4.69) is 56.7 Å². The van der Waals surface area contributed by atoms with Crippen LogP contribution in [0.1, 0.15) is 40.2 Å². The maximum atomic E-state index is 12.5. The summed E-state index contributed by atoms with van der Waals surface area (Å²) in [6.07, 6.45) is 5.91. The highest BCUT2D eigenvalue weighted by Crippen LogP contribution is 2.20. The number of carbonyl (C=O) groups excluding carboxylic acids is 1. The molecule has 0 atom stereocenters. The molecule has 0 aliphatic rings. The molecule has 190 valence electrons. The second kappa shape index (κ2) is 11.6. The van der Waals surface area contributed by atoms with E-state index in [1.165, 1.54) is 17.2 Å². The van der Waals surface area contributed by atoms with Crippen LogP contribution in [0.5, 0.6) is 5.75 Å². The highest BCUT2D eigenvalue weighted by atomic mass is 16.5. The number of hydrogen-bond donors (Lipinski definition) is 2. The second-order valence-corrected chi connectivity index (χ2v) is 8.79. The Kier molecular flexibility index (Phi) is 7.66. The molecule has 0 saturated heterocycles. The third-order valence-electron chi connectivity index (χ3n) is 6.16. The molecule has 0 spiro atoms. The van der Waals surface area contributed by atoms with Crippen molar-refractivity contribution in [3.8, 4) is 5.75 Å². The molecule has 0 aliphatic carbocycles. The van der Waals surface area contributed by atoms with Crippen LogP contribution >= 0.6 is 0 Å². The Labute approximate surface area is 215 Å². The standard InChI is InChI=1S/C29H30N4O4/c1-2-35-23-11-9-21(10-12-23)18-33(14-13-22-16-30-26-8-4-3-7-25(22)26)19-28-32-27(20-37-28)29(34)31-17-24-6-5-15-36-24/h3-12,15-16,20,30H,2,13-14,17-19H2,1H3,(H,31,34). The molecule has 8 heteroatoms. The summed E-state index contributed by atoms with van der Waals surface area (Å²) in [5.41, 5.74) is 3.80. The Morgan fingerprint density at radius 1 is 1.05 bits per heavy atom. The van der Waals surface area contributed by atoms with Gasteiger partial charge in [-0.25, -0.2) is 4.98 Å². The predicted octanol–water partition coefficient (Wildman–Crippen LogP) is 5.32. The Morgan fingerprint density at radius 3 is 2.73 bits per heavy atom. The lowest BCUT2D eigenvalue weighted by molar-refractivity contribution is 0.0943. The van der Waals surface area contributed by atoms with Crippen molar-refractivity contribution in [1.82, 2.24) is 20.2 Å². The van der Waals surface area contributed by atoms with Crippen molar-refractivity contribution in [2.24, 2.45) is 0 Å². The first-order valence-corrected chi connectivity index (χ1v) is 12.4. The molecule has 0 radical (unpaired) electrons. The second-order valence-electron chi connectivity index (χ2n) is 8.79. The summed E-state index contributed by atoms with van der Waals surface area (Å²) in [7, 11) is 0. The van der Waals surface area contributed by atoms with Crippen LogP contribution in [0.25, 0.3) is 10.9 Å². The van der Waals surface area contributed by atoms with Crippen LogP contribution in [0.2, 0.25) is 0 Å². The van der Waals surface area contributed by atoms with Crippen molar-refractivity contribution >= 4 is 16.8 Å². The van der Waals surface area contributed by atoms with E-state index < -0.39 is 0 Å². The number of furan rings is 1. The number of amides is 1. The number of carbonyl (C=O) groups is 1. The lowest BCUT2D eigenvalue weighted by Crippen LogP contribution is -2.26. The van der Waals surface area contributed by atoms with Crippen molar-refractivity contribution in [3.05, 3.63) is 108 Å². The minimum absolute atomic E-state index is 0.249. The van der Waals surface area contributed by atoms with E-state index >= 15 is 0 Å². The minimum atomic E-state index is -0.303. The van der Waals surface area contributed by atoms with Gasteiger partial charge in [-0.05, 0) is 54.8 Å². The van der Waals surface area contributed by atoms with Crippen LogP contribution in [-0.4, -0.2) is 33.9 Å². The van der Waals surface area contributed by atoms with E-state index in [4.69, 9.17) is 13.6 Å². The molecule has 0 fully saturated rings. The first-order valence-electron chi connectivity index (χ1n) is 12.4. The molecule has 0 saturated carbocycles. The Morgan fingerprint density at radius 2 is 1.92 bits per heavy atom. The number of nitrogens with one attached hydrogen (secondary N) is 2. The predicted molar refractivity (Wildman–Crippen MR) is 140 cm³/mol. The molecular weight excluding hydrogens is 468 g/mol. The van der Waals surface area contributed by atoms with E-state index in [9.17, 15) is 4.79 Å². The van der Waals surface area contributed by atoms with Crippen molar-refractivity contribution in [2.75, 3.05) is 13.2 Å². The van der Waals surface area contributed by atoms with Crippen LogP contribution < -0.4 is 10.1 Å². The van der Waals surface area contributed by atoms with Crippen LogP contribution in [0, 0.1) is 0 Å². The van der Waals surface area contributed by atoms with E-state index in [1.54, 1.807) is 18.4 Å². The number of H-pyrrole nitrogens is 1. The van der Waals surface area contributed by atoms with Gasteiger partial charge in [0.25, 0.3) is 5.91 Å². The molecule has 5 rings (SSSR count). The highest BCUT2D eigenvalue weighted by Gasteiger charge is 2.16. The largest absolute Gasteiger partial charge is 0.494 e. The average Bonchev–Trinajstić information content (AvgIpc) is 3.69. The molecule has 2 N–H and O–H groups in total. The van der Waals surface area contributed by atoms with Gasteiger partial charge in [0.2, 0.25) is 5.89 Å². The van der Waals surface area contributed by atoms with Crippen molar-refractivity contribution < 1.29 is 18.4 Å². The number of benzene rings is 2. The zero-order chi connectivity index (χ0) is 25.5. The molecule has 0 bridgehead atoms. The molecule has 3 aromatic heterocycles. The smallest absolute Gasteiger partial charge is 0.273 e. The molecule has 5 aromatic rings. The lowest BCUT2D eigenvalue weighted by Gasteiger charge is -2.21. The van der Waals surface area contributed by atoms with E-state index in [1.807, 2.05) is 25.1 Å². The highest BCUT2D eigenvalue weighted by molar-refractivity contribution is 5.91. The van der Waals surface area contributed by atoms with Gasteiger partial charge in [-0.15, -0.1) is 0 Å². The van der Waals surface area contributed by atoms with Crippen LogP contribution in [-0.2, 0) is 26.1 Å². The molecule has 8 nitrogen and oxygen atoms in total. The van der Waals surface area contributed by atoms with Crippen molar-refractivity contribution in [3.63, 3.8) is 0 Å². The first-order chi connectivity index (χ1) is 18.2. The van der Waals surface area contributed by atoms with E-state index in [-0.39, 0.29) is 11.6 Å². The van der Waals surface area contributed by atoms with Gasteiger partial charge in [0, 0.05) is 30.2 Å². The summed E-state index contributed by atoms with van der Waals surface area (Å²) in [5, 5.41) is 4.03. The topological polar surface area (TPSA) is 96.5 Å². The summed E-state index contributed by atoms with van der Waals surface area (Å²) in [6, 6.07) is 20.0. The number of para-hydroxylation sites is 1. The quantitative estimate of drug-likeness (QED) is 0.242. The molecule has 0 unspecified atom stereocenters. The average molecular weight is 499 g/mol. The summed E-state index contributed by atoms with van der Waals surface area (Å²) >= 11 is 0. The minimum Gasteiger partial charge on any atom is -0.494 e. The Bertz CT molecular complexity index is 1420. The maximum Gasteiger partial charge on any atom is 0.273 e. The van der Waals surface area contributed by atoms with Gasteiger partial charge in [0.1, 0.15) is 17.8 Å². The first kappa shape index (κ1) is 24.4. The number of hydrogen-bond acceptors (Lipinski definition) is 6. The van der Waals surface area contributed by atoms with Crippen LogP contribution in [0.4, 0.5) is 0 Å². The lowest BCUT2D eigenvalue weighted by atomic mass is 10.1. The van der Waals surface area contributed by atoms with Crippen molar-refractivity contribution in [2.45, 2.75) is 33.0 Å². The Balaban J connectivity index is 1.27. The zero-order valence-electron chi connectivity index (χ0n) is 20.8. The molecule has 2 aromatic carbocycles. The van der Waals surface area contributed by atoms with Gasteiger partial charge in [-0.2, -0.15) is 0 Å². The zero-order valence-corrected chi connectivity index (χ0v) is 20.8. The fraction of sp³-hybridized carbons (Fsp3) is 0.241. The van der Waals surface area contributed by atoms with Gasteiger partial charge in [-0.1, -0.05) is 30.3 Å². The molecule has 3 heterocycles. The fourth-order valence-electron chi connectivity index (χ4n) is 4.30. The normalized spacial score (nSPS) is 11.3. The van der Waals surface area contributed by atoms with Crippen molar-refractivity contribution in [1.29, 1.82) is 0 Å².